The average molecular weight is 404 g/mol. The van der Waals surface area contributed by atoms with E-state index in [1.54, 1.807) is 35.0 Å². The van der Waals surface area contributed by atoms with Crippen LogP contribution in [-0.4, -0.2) is 15.7 Å². The van der Waals surface area contributed by atoms with E-state index in [1.165, 1.54) is 0 Å². The first-order valence-electron chi connectivity index (χ1n) is 8.37. The van der Waals surface area contributed by atoms with Gasteiger partial charge in [0.15, 0.2) is 0 Å². The number of aromatic nitrogens is 2. The quantitative estimate of drug-likeness (QED) is 0.656. The Morgan fingerprint density at radius 1 is 1.19 bits per heavy atom. The van der Waals surface area contributed by atoms with Crippen molar-refractivity contribution >= 4 is 29.1 Å². The Hall–Kier alpha value is -2.50. The van der Waals surface area contributed by atoms with E-state index in [9.17, 15) is 4.79 Å². The van der Waals surface area contributed by atoms with E-state index in [0.717, 1.165) is 17.0 Å². The molecule has 27 heavy (non-hydrogen) atoms. The van der Waals surface area contributed by atoms with Crippen molar-refractivity contribution in [1.82, 2.24) is 15.1 Å². The van der Waals surface area contributed by atoms with Crippen LogP contribution >= 0.6 is 23.2 Å². The summed E-state index contributed by atoms with van der Waals surface area (Å²) in [7, 11) is 1.87. The van der Waals surface area contributed by atoms with Gasteiger partial charge in [0, 0.05) is 18.3 Å². The van der Waals surface area contributed by atoms with Crippen LogP contribution in [0.15, 0.2) is 48.5 Å². The summed E-state index contributed by atoms with van der Waals surface area (Å²) in [5.41, 5.74) is 3.27. The zero-order valence-corrected chi connectivity index (χ0v) is 16.5. The van der Waals surface area contributed by atoms with Crippen LogP contribution in [-0.2, 0) is 20.2 Å². The molecule has 1 aromatic heterocycles. The van der Waals surface area contributed by atoms with Crippen LogP contribution in [0, 0.1) is 6.92 Å². The second-order valence-corrected chi connectivity index (χ2v) is 6.91. The Kier molecular flexibility index (Phi) is 6.04. The molecule has 0 aliphatic rings. The van der Waals surface area contributed by atoms with Crippen molar-refractivity contribution in [3.05, 3.63) is 81.1 Å². The maximum absolute atomic E-state index is 12.4. The fraction of sp³-hybridized carbons (Fsp3) is 0.200. The third kappa shape index (κ3) is 4.81. The van der Waals surface area contributed by atoms with Crippen LogP contribution in [0.5, 0.6) is 5.75 Å². The molecule has 140 valence electrons. The second-order valence-electron chi connectivity index (χ2n) is 6.12. The molecule has 0 aliphatic heterocycles. The van der Waals surface area contributed by atoms with Crippen LogP contribution in [0.4, 0.5) is 0 Å². The molecule has 2 aromatic carbocycles. The van der Waals surface area contributed by atoms with Crippen LogP contribution in [0.2, 0.25) is 10.0 Å². The van der Waals surface area contributed by atoms with Crippen LogP contribution in [0.1, 0.15) is 27.3 Å². The Bertz CT molecular complexity index is 950. The molecule has 0 aliphatic carbocycles. The van der Waals surface area contributed by atoms with Crippen molar-refractivity contribution in [2.45, 2.75) is 20.1 Å². The minimum Gasteiger partial charge on any atom is -0.487 e. The number of hydrogen-bond donors (Lipinski definition) is 1. The topological polar surface area (TPSA) is 56.1 Å². The molecule has 1 amide bonds. The Morgan fingerprint density at radius 2 is 1.96 bits per heavy atom. The molecule has 3 rings (SSSR count). The maximum atomic E-state index is 12.4. The molecule has 5 nitrogen and oxygen atoms in total. The summed E-state index contributed by atoms with van der Waals surface area (Å²) in [6, 6.07) is 14.4. The van der Waals surface area contributed by atoms with Gasteiger partial charge < -0.3 is 10.1 Å². The first-order chi connectivity index (χ1) is 12.9. The number of amides is 1. The zero-order chi connectivity index (χ0) is 19.4. The van der Waals surface area contributed by atoms with Crippen LogP contribution in [0.3, 0.4) is 0 Å². The minimum absolute atomic E-state index is 0.166. The van der Waals surface area contributed by atoms with Gasteiger partial charge in [0.05, 0.1) is 17.3 Å². The molecule has 0 saturated carbocycles. The zero-order valence-electron chi connectivity index (χ0n) is 15.0. The molecule has 0 atom stereocenters. The first kappa shape index (κ1) is 19.3. The number of nitrogens with zero attached hydrogens (tertiary/aromatic N) is 2. The molecule has 0 saturated heterocycles. The molecule has 0 radical (unpaired) electrons. The predicted molar refractivity (Wildman–Crippen MR) is 106 cm³/mol. The van der Waals surface area contributed by atoms with Gasteiger partial charge in [0.25, 0.3) is 5.91 Å². The predicted octanol–water partition coefficient (Wildman–Crippen LogP) is 4.54. The summed E-state index contributed by atoms with van der Waals surface area (Å²) in [5, 5.41) is 8.02. The summed E-state index contributed by atoms with van der Waals surface area (Å²) < 4.78 is 7.50. The van der Waals surface area contributed by atoms with E-state index >= 15 is 0 Å². The van der Waals surface area contributed by atoms with E-state index in [2.05, 4.69) is 10.4 Å². The SMILES string of the molecule is Cc1cc(CNC(=O)c2cccc(COc3cccc(Cl)c3Cl)c2)nn1C. The number of rotatable bonds is 6. The Morgan fingerprint density at radius 3 is 2.70 bits per heavy atom. The second kappa shape index (κ2) is 8.46. The molecule has 0 bridgehead atoms. The molecular weight excluding hydrogens is 385 g/mol. The van der Waals surface area contributed by atoms with Crippen molar-refractivity contribution in [3.63, 3.8) is 0 Å². The van der Waals surface area contributed by atoms with Crippen molar-refractivity contribution in [2.75, 3.05) is 0 Å². The number of hydrogen-bond acceptors (Lipinski definition) is 3. The summed E-state index contributed by atoms with van der Waals surface area (Å²) in [5.74, 6) is 0.338. The standard InChI is InChI=1S/C20H19Cl2N3O2/c1-13-9-16(24-25(13)2)11-23-20(26)15-6-3-5-14(10-15)12-27-18-8-4-7-17(21)19(18)22/h3-10H,11-12H2,1-2H3,(H,23,26). The van der Waals surface area contributed by atoms with Gasteiger partial charge in [-0.05, 0) is 42.8 Å². The fourth-order valence-electron chi connectivity index (χ4n) is 2.55. The molecule has 0 fully saturated rings. The van der Waals surface area contributed by atoms with Gasteiger partial charge in [-0.2, -0.15) is 5.10 Å². The van der Waals surface area contributed by atoms with Crippen molar-refractivity contribution in [1.29, 1.82) is 0 Å². The monoisotopic (exact) mass is 403 g/mol. The molecule has 7 heteroatoms. The number of nitrogens with one attached hydrogen (secondary N) is 1. The number of carbonyl (C=O) groups excluding carboxylic acids is 1. The largest absolute Gasteiger partial charge is 0.487 e. The van der Waals surface area contributed by atoms with Gasteiger partial charge in [-0.15, -0.1) is 0 Å². The molecule has 1 heterocycles. The highest BCUT2D eigenvalue weighted by Crippen LogP contribution is 2.31. The van der Waals surface area contributed by atoms with Gasteiger partial charge >= 0.3 is 0 Å². The lowest BCUT2D eigenvalue weighted by molar-refractivity contribution is 0.0950. The maximum Gasteiger partial charge on any atom is 0.251 e. The van der Waals surface area contributed by atoms with Gasteiger partial charge in [-0.3, -0.25) is 9.48 Å². The normalized spacial score (nSPS) is 10.7. The summed E-state index contributed by atoms with van der Waals surface area (Å²) in [4.78, 5) is 12.4. The van der Waals surface area contributed by atoms with Crippen molar-refractivity contribution < 1.29 is 9.53 Å². The number of benzene rings is 2. The summed E-state index contributed by atoms with van der Waals surface area (Å²) >= 11 is 12.1. The molecule has 1 N–H and O–H groups in total. The van der Waals surface area contributed by atoms with E-state index < -0.39 is 0 Å². The molecular formula is C20H19Cl2N3O2. The number of halogens is 2. The minimum atomic E-state index is -0.166. The number of ether oxygens (including phenoxy) is 1. The third-order valence-electron chi connectivity index (χ3n) is 4.09. The van der Waals surface area contributed by atoms with E-state index in [-0.39, 0.29) is 12.5 Å². The highest BCUT2D eigenvalue weighted by atomic mass is 35.5. The van der Waals surface area contributed by atoms with Gasteiger partial charge in [0.1, 0.15) is 17.4 Å². The Balaban J connectivity index is 1.62. The third-order valence-corrected chi connectivity index (χ3v) is 4.90. The first-order valence-corrected chi connectivity index (χ1v) is 9.13. The highest BCUT2D eigenvalue weighted by Gasteiger charge is 2.09. The molecule has 0 unspecified atom stereocenters. The van der Waals surface area contributed by atoms with Gasteiger partial charge in [-0.1, -0.05) is 41.4 Å². The van der Waals surface area contributed by atoms with Gasteiger partial charge in [0.2, 0.25) is 0 Å². The smallest absolute Gasteiger partial charge is 0.251 e. The average Bonchev–Trinajstić information content (AvgIpc) is 2.99. The molecule has 3 aromatic rings. The summed E-state index contributed by atoms with van der Waals surface area (Å²) in [6.07, 6.45) is 0. The number of carbonyl (C=O) groups is 1. The Labute approximate surface area is 167 Å². The van der Waals surface area contributed by atoms with E-state index in [0.29, 0.717) is 27.9 Å². The van der Waals surface area contributed by atoms with Crippen molar-refractivity contribution in [2.24, 2.45) is 7.05 Å². The lowest BCUT2D eigenvalue weighted by Crippen LogP contribution is -2.23. The van der Waals surface area contributed by atoms with Gasteiger partial charge in [-0.25, -0.2) is 0 Å². The van der Waals surface area contributed by atoms with E-state index in [1.807, 2.05) is 32.2 Å². The highest BCUT2D eigenvalue weighted by molar-refractivity contribution is 6.42. The lowest BCUT2D eigenvalue weighted by atomic mass is 10.1. The van der Waals surface area contributed by atoms with Crippen LogP contribution in [0.25, 0.3) is 0 Å². The fourth-order valence-corrected chi connectivity index (χ4v) is 2.90. The number of aryl methyl sites for hydroxylation is 2. The lowest BCUT2D eigenvalue weighted by Gasteiger charge is -2.10. The van der Waals surface area contributed by atoms with Crippen LogP contribution < -0.4 is 10.1 Å². The molecule has 0 spiro atoms. The van der Waals surface area contributed by atoms with E-state index in [4.69, 9.17) is 27.9 Å². The van der Waals surface area contributed by atoms with Crippen molar-refractivity contribution in [3.8, 4) is 5.75 Å². The summed E-state index contributed by atoms with van der Waals surface area (Å²) in [6.45, 7) is 2.62.